The van der Waals surface area contributed by atoms with Crippen LogP contribution in [-0.2, 0) is 16.6 Å². The number of carbonyl (C=O) groups is 1. The molecule has 26 heavy (non-hydrogen) atoms. The van der Waals surface area contributed by atoms with Gasteiger partial charge in [0.15, 0.2) is 0 Å². The number of nitrogens with two attached hydrogens (primary N) is 1. The molecule has 2 aromatic carbocycles. The topological polar surface area (TPSA) is 91.3 Å². The maximum Gasteiger partial charge on any atom is 0.241 e. The van der Waals surface area contributed by atoms with Crippen LogP contribution in [0.15, 0.2) is 64.9 Å². The molecule has 0 fully saturated rings. The molecular formula is C21H16N4O. The number of nitrogens with zero attached hydrogens (tertiary/aromatic N) is 2. The predicted octanol–water partition coefficient (Wildman–Crippen LogP) is 2.75. The van der Waals surface area contributed by atoms with Gasteiger partial charge >= 0.3 is 0 Å². The summed E-state index contributed by atoms with van der Waals surface area (Å²) in [5.41, 5.74) is 9.95. The van der Waals surface area contributed by atoms with Crippen molar-refractivity contribution in [2.75, 3.05) is 5.32 Å². The Morgan fingerprint density at radius 2 is 1.92 bits per heavy atom. The van der Waals surface area contributed by atoms with Crippen LogP contribution in [-0.4, -0.2) is 11.6 Å². The Bertz CT molecular complexity index is 1080. The molecule has 0 radical (unpaired) electrons. The zero-order valence-electron chi connectivity index (χ0n) is 14.0. The van der Waals surface area contributed by atoms with E-state index in [0.717, 1.165) is 35.4 Å². The lowest BCUT2D eigenvalue weighted by atomic mass is 9.58. The van der Waals surface area contributed by atoms with E-state index < -0.39 is 5.41 Å². The van der Waals surface area contributed by atoms with Crippen molar-refractivity contribution >= 4 is 17.3 Å². The van der Waals surface area contributed by atoms with Gasteiger partial charge in [0, 0.05) is 17.3 Å². The van der Waals surface area contributed by atoms with E-state index in [0.29, 0.717) is 0 Å². The summed E-state index contributed by atoms with van der Waals surface area (Å²) in [4.78, 5) is 17.9. The summed E-state index contributed by atoms with van der Waals surface area (Å²) in [5.74, 6) is -0.352. The molecule has 1 aliphatic carbocycles. The van der Waals surface area contributed by atoms with Gasteiger partial charge in [0.05, 0.1) is 5.57 Å². The molecule has 0 aromatic heterocycles. The fraction of sp³-hybridized carbons (Fsp3) is 0.190. The van der Waals surface area contributed by atoms with Crippen molar-refractivity contribution in [1.82, 2.24) is 0 Å². The van der Waals surface area contributed by atoms with Crippen molar-refractivity contribution in [2.24, 2.45) is 10.7 Å². The summed E-state index contributed by atoms with van der Waals surface area (Å²) < 4.78 is 0. The van der Waals surface area contributed by atoms with Gasteiger partial charge in [-0.15, -0.1) is 0 Å². The second-order valence-corrected chi connectivity index (χ2v) is 6.91. The Kier molecular flexibility index (Phi) is 2.90. The molecule has 5 rings (SSSR count). The molecule has 0 bridgehead atoms. The largest absolute Gasteiger partial charge is 0.383 e. The van der Waals surface area contributed by atoms with Crippen molar-refractivity contribution < 1.29 is 4.79 Å². The van der Waals surface area contributed by atoms with Gasteiger partial charge in [-0.05, 0) is 35.6 Å². The fourth-order valence-electron chi connectivity index (χ4n) is 4.75. The molecule has 3 N–H and O–H groups in total. The number of aliphatic imine (C=N–C) groups is 1. The zero-order chi connectivity index (χ0) is 17.9. The number of nitriles is 1. The van der Waals surface area contributed by atoms with Crippen LogP contribution in [0.1, 0.15) is 29.0 Å². The molecule has 0 saturated carbocycles. The Labute approximate surface area is 150 Å². The second kappa shape index (κ2) is 5.06. The quantitative estimate of drug-likeness (QED) is 0.772. The minimum atomic E-state index is -1.15. The van der Waals surface area contributed by atoms with Crippen LogP contribution in [0, 0.1) is 11.3 Å². The van der Waals surface area contributed by atoms with E-state index in [-0.39, 0.29) is 23.2 Å². The maximum atomic E-state index is 13.4. The van der Waals surface area contributed by atoms with Gasteiger partial charge in [0.1, 0.15) is 17.3 Å². The first-order chi connectivity index (χ1) is 12.7. The number of carbonyl (C=O) groups excluding carboxylic acids is 1. The molecule has 1 spiro atoms. The van der Waals surface area contributed by atoms with E-state index in [1.165, 1.54) is 5.56 Å². The van der Waals surface area contributed by atoms with Crippen molar-refractivity contribution in [2.45, 2.75) is 24.2 Å². The third-order valence-electron chi connectivity index (χ3n) is 5.77. The van der Waals surface area contributed by atoms with Crippen LogP contribution >= 0.6 is 0 Å². The van der Waals surface area contributed by atoms with Crippen LogP contribution < -0.4 is 11.1 Å². The van der Waals surface area contributed by atoms with Crippen LogP contribution in [0.2, 0.25) is 0 Å². The highest BCUT2D eigenvalue weighted by Crippen LogP contribution is 2.56. The zero-order valence-corrected chi connectivity index (χ0v) is 14.0. The number of anilines is 1. The smallest absolute Gasteiger partial charge is 0.241 e. The van der Waals surface area contributed by atoms with E-state index in [9.17, 15) is 10.1 Å². The van der Waals surface area contributed by atoms with E-state index >= 15 is 0 Å². The average molecular weight is 340 g/mol. The SMILES string of the molecule is N#CC1=C(N)N=C2CCc3ccccc3C2C12C(=O)Nc1ccccc12. The molecule has 2 aromatic rings. The molecule has 126 valence electrons. The first-order valence-corrected chi connectivity index (χ1v) is 8.64. The molecule has 2 aliphatic heterocycles. The Hall–Kier alpha value is -3.39. The van der Waals surface area contributed by atoms with Crippen molar-refractivity contribution in [3.8, 4) is 6.07 Å². The van der Waals surface area contributed by atoms with Crippen molar-refractivity contribution in [1.29, 1.82) is 5.26 Å². The first kappa shape index (κ1) is 14.9. The predicted molar refractivity (Wildman–Crippen MR) is 98.5 cm³/mol. The van der Waals surface area contributed by atoms with Crippen LogP contribution in [0.3, 0.4) is 0 Å². The number of fused-ring (bicyclic) bond motifs is 6. The lowest BCUT2D eigenvalue weighted by Crippen LogP contribution is -2.49. The standard InChI is InChI=1S/C21H16N4O/c22-11-15-19(23)24-17-10-9-12-5-1-2-6-13(12)18(17)21(15)14-7-3-4-8-16(14)25-20(21)26/h1-8,18H,9-10,23H2,(H,25,26). The molecule has 5 heteroatoms. The number of rotatable bonds is 0. The van der Waals surface area contributed by atoms with Gasteiger partial charge in [0.2, 0.25) is 5.91 Å². The lowest BCUT2D eigenvalue weighted by molar-refractivity contribution is -0.119. The third-order valence-corrected chi connectivity index (χ3v) is 5.77. The average Bonchev–Trinajstić information content (AvgIpc) is 2.94. The van der Waals surface area contributed by atoms with Gasteiger partial charge in [-0.25, -0.2) is 4.99 Å². The number of nitrogens with one attached hydrogen (secondary N) is 1. The molecular weight excluding hydrogens is 324 g/mol. The second-order valence-electron chi connectivity index (χ2n) is 6.91. The third kappa shape index (κ3) is 1.64. The summed E-state index contributed by atoms with van der Waals surface area (Å²) in [6.07, 6.45) is 1.60. The summed E-state index contributed by atoms with van der Waals surface area (Å²) in [5, 5.41) is 12.9. The van der Waals surface area contributed by atoms with Crippen molar-refractivity contribution in [3.05, 3.63) is 76.6 Å². The molecule has 2 atom stereocenters. The Morgan fingerprint density at radius 3 is 2.77 bits per heavy atom. The summed E-state index contributed by atoms with van der Waals surface area (Å²) in [6.45, 7) is 0. The lowest BCUT2D eigenvalue weighted by Gasteiger charge is -2.42. The highest BCUT2D eigenvalue weighted by Gasteiger charge is 2.60. The molecule has 3 aliphatic rings. The molecule has 5 nitrogen and oxygen atoms in total. The fourth-order valence-corrected chi connectivity index (χ4v) is 4.75. The molecule has 0 saturated heterocycles. The first-order valence-electron chi connectivity index (χ1n) is 8.64. The van der Waals surface area contributed by atoms with Crippen LogP contribution in [0.5, 0.6) is 0 Å². The van der Waals surface area contributed by atoms with Gasteiger partial charge in [-0.3, -0.25) is 4.79 Å². The normalized spacial score (nSPS) is 25.7. The van der Waals surface area contributed by atoms with Crippen LogP contribution in [0.25, 0.3) is 0 Å². The number of para-hydroxylation sites is 1. The van der Waals surface area contributed by atoms with E-state index in [1.54, 1.807) is 0 Å². The minimum Gasteiger partial charge on any atom is -0.383 e. The maximum absolute atomic E-state index is 13.4. The van der Waals surface area contributed by atoms with E-state index in [2.05, 4.69) is 22.4 Å². The van der Waals surface area contributed by atoms with Gasteiger partial charge in [-0.2, -0.15) is 5.26 Å². The van der Waals surface area contributed by atoms with Gasteiger partial charge in [0.25, 0.3) is 0 Å². The van der Waals surface area contributed by atoms with E-state index in [1.807, 2.05) is 42.5 Å². The van der Waals surface area contributed by atoms with Gasteiger partial charge < -0.3 is 11.1 Å². The highest BCUT2D eigenvalue weighted by molar-refractivity contribution is 6.15. The minimum absolute atomic E-state index is 0.157. The molecule has 1 amide bonds. The number of amides is 1. The van der Waals surface area contributed by atoms with Crippen molar-refractivity contribution in [3.63, 3.8) is 0 Å². The number of hydrogen-bond acceptors (Lipinski definition) is 4. The number of aryl methyl sites for hydroxylation is 1. The molecule has 2 unspecified atom stereocenters. The van der Waals surface area contributed by atoms with Gasteiger partial charge in [-0.1, -0.05) is 42.5 Å². The monoisotopic (exact) mass is 340 g/mol. The Balaban J connectivity index is 1.90. The highest BCUT2D eigenvalue weighted by atomic mass is 16.2. The van der Waals surface area contributed by atoms with Crippen LogP contribution in [0.4, 0.5) is 5.69 Å². The summed E-state index contributed by atoms with van der Waals surface area (Å²) in [6, 6.07) is 17.9. The summed E-state index contributed by atoms with van der Waals surface area (Å²) in [7, 11) is 0. The molecule has 2 heterocycles. The number of hydrogen-bond donors (Lipinski definition) is 2. The number of benzene rings is 2. The Morgan fingerprint density at radius 1 is 1.15 bits per heavy atom. The van der Waals surface area contributed by atoms with E-state index in [4.69, 9.17) is 5.73 Å². The summed E-state index contributed by atoms with van der Waals surface area (Å²) >= 11 is 0.